The second kappa shape index (κ2) is 5.11. The van der Waals surface area contributed by atoms with Crippen molar-refractivity contribution in [2.45, 2.75) is 58.7 Å². The van der Waals surface area contributed by atoms with Gasteiger partial charge in [0, 0.05) is 11.6 Å². The highest BCUT2D eigenvalue weighted by Crippen LogP contribution is 2.37. The molecule has 114 valence electrons. The second-order valence-corrected chi connectivity index (χ2v) is 6.82. The molecule has 21 heavy (non-hydrogen) atoms. The van der Waals surface area contributed by atoms with Crippen LogP contribution in [0.5, 0.6) is 0 Å². The predicted molar refractivity (Wildman–Crippen MR) is 82.9 cm³/mol. The summed E-state index contributed by atoms with van der Waals surface area (Å²) < 4.78 is 11.9. The van der Waals surface area contributed by atoms with Crippen molar-refractivity contribution >= 4 is 18.3 Å². The maximum Gasteiger partial charge on any atom is 0.495 e. The smallest absolute Gasteiger partial charge is 0.399 e. The van der Waals surface area contributed by atoms with E-state index in [9.17, 15) is 10.1 Å². The van der Waals surface area contributed by atoms with Gasteiger partial charge in [-0.3, -0.25) is 10.1 Å². The fourth-order valence-corrected chi connectivity index (χ4v) is 2.33. The van der Waals surface area contributed by atoms with E-state index in [4.69, 9.17) is 9.31 Å². The molecule has 0 spiro atoms. The monoisotopic (exact) mass is 291 g/mol. The minimum absolute atomic E-state index is 0.0951. The molecule has 1 fully saturated rings. The molecule has 6 heteroatoms. The van der Waals surface area contributed by atoms with E-state index in [-0.39, 0.29) is 16.5 Å². The molecule has 2 rings (SSSR count). The maximum atomic E-state index is 11.3. The maximum absolute atomic E-state index is 11.3. The van der Waals surface area contributed by atoms with Crippen molar-refractivity contribution in [3.63, 3.8) is 0 Å². The lowest BCUT2D eigenvalue weighted by Gasteiger charge is -2.32. The van der Waals surface area contributed by atoms with E-state index >= 15 is 0 Å². The van der Waals surface area contributed by atoms with Gasteiger partial charge in [-0.15, -0.1) is 0 Å². The molecule has 1 aliphatic rings. The number of nitrogens with zero attached hydrogens (tertiary/aromatic N) is 1. The third-order valence-corrected chi connectivity index (χ3v) is 4.40. The zero-order chi connectivity index (χ0) is 16.0. The largest absolute Gasteiger partial charge is 0.495 e. The molecule has 0 bridgehead atoms. The van der Waals surface area contributed by atoms with Crippen LogP contribution in [0.1, 0.15) is 53.0 Å². The Morgan fingerprint density at radius 2 is 1.67 bits per heavy atom. The van der Waals surface area contributed by atoms with E-state index in [1.165, 1.54) is 0 Å². The fourth-order valence-electron chi connectivity index (χ4n) is 2.33. The molecule has 0 saturated carbocycles. The van der Waals surface area contributed by atoms with Crippen LogP contribution in [0.3, 0.4) is 0 Å². The summed E-state index contributed by atoms with van der Waals surface area (Å²) >= 11 is 0. The number of rotatable bonds is 3. The first-order valence-corrected chi connectivity index (χ1v) is 7.19. The average Bonchev–Trinajstić information content (AvgIpc) is 2.57. The lowest BCUT2D eigenvalue weighted by molar-refractivity contribution is -0.385. The summed E-state index contributed by atoms with van der Waals surface area (Å²) in [6.45, 7) is 11.7. The summed E-state index contributed by atoms with van der Waals surface area (Å²) in [6, 6.07) is 5.21. The summed E-state index contributed by atoms with van der Waals surface area (Å²) in [6.07, 6.45) is 0. The van der Waals surface area contributed by atoms with Crippen LogP contribution in [0, 0.1) is 10.1 Å². The van der Waals surface area contributed by atoms with Gasteiger partial charge in [0.15, 0.2) is 0 Å². The topological polar surface area (TPSA) is 61.6 Å². The molecule has 1 aromatic rings. The van der Waals surface area contributed by atoms with E-state index in [0.29, 0.717) is 5.46 Å². The number of nitro benzene ring substituents is 1. The quantitative estimate of drug-likeness (QED) is 0.488. The highest BCUT2D eigenvalue weighted by molar-refractivity contribution is 6.62. The Bertz CT molecular complexity index is 553. The molecule has 0 radical (unpaired) electrons. The van der Waals surface area contributed by atoms with Gasteiger partial charge in [-0.05, 0) is 39.1 Å². The van der Waals surface area contributed by atoms with Crippen LogP contribution < -0.4 is 5.46 Å². The molecule has 0 amide bonds. The fraction of sp³-hybridized carbons (Fsp3) is 0.600. The first-order chi connectivity index (χ1) is 9.55. The lowest BCUT2D eigenvalue weighted by atomic mass is 9.78. The SMILES string of the molecule is CC(C)c1ccc(B2OC(C)(C)C(C)(C)O2)cc1[N+](=O)[O-]. The van der Waals surface area contributed by atoms with Crippen LogP contribution in [0.4, 0.5) is 5.69 Å². The Balaban J connectivity index is 2.39. The van der Waals surface area contributed by atoms with Crippen LogP contribution in [0.2, 0.25) is 0 Å². The van der Waals surface area contributed by atoms with Gasteiger partial charge in [-0.2, -0.15) is 0 Å². The van der Waals surface area contributed by atoms with E-state index in [0.717, 1.165) is 5.56 Å². The van der Waals surface area contributed by atoms with Crippen molar-refractivity contribution in [2.24, 2.45) is 0 Å². The molecule has 5 nitrogen and oxygen atoms in total. The van der Waals surface area contributed by atoms with Crippen LogP contribution in [-0.2, 0) is 9.31 Å². The van der Waals surface area contributed by atoms with Crippen molar-refractivity contribution in [3.8, 4) is 0 Å². The number of benzene rings is 1. The summed E-state index contributed by atoms with van der Waals surface area (Å²) in [5.41, 5.74) is 0.619. The van der Waals surface area contributed by atoms with Crippen LogP contribution in [0.15, 0.2) is 18.2 Å². The van der Waals surface area contributed by atoms with E-state index in [2.05, 4.69) is 0 Å². The second-order valence-electron chi connectivity index (χ2n) is 6.82. The molecular weight excluding hydrogens is 269 g/mol. The van der Waals surface area contributed by atoms with Crippen molar-refractivity contribution in [2.75, 3.05) is 0 Å². The van der Waals surface area contributed by atoms with E-state index in [1.54, 1.807) is 12.1 Å². The van der Waals surface area contributed by atoms with Crippen LogP contribution >= 0.6 is 0 Å². The van der Waals surface area contributed by atoms with E-state index in [1.807, 2.05) is 47.6 Å². The molecule has 1 heterocycles. The van der Waals surface area contributed by atoms with Crippen molar-refractivity contribution < 1.29 is 14.2 Å². The van der Waals surface area contributed by atoms with Gasteiger partial charge in [0.2, 0.25) is 0 Å². The van der Waals surface area contributed by atoms with Gasteiger partial charge in [-0.1, -0.05) is 26.0 Å². The van der Waals surface area contributed by atoms with E-state index < -0.39 is 18.3 Å². The predicted octanol–water partition coefficient (Wildman–Crippen LogP) is 3.02. The molecule has 0 atom stereocenters. The number of nitro groups is 1. The summed E-state index contributed by atoms with van der Waals surface area (Å²) in [7, 11) is -0.574. The molecule has 0 aromatic heterocycles. The van der Waals surface area contributed by atoms with Crippen LogP contribution in [-0.4, -0.2) is 23.2 Å². The third-order valence-electron chi connectivity index (χ3n) is 4.40. The molecule has 0 N–H and O–H groups in total. The Kier molecular flexibility index (Phi) is 3.89. The molecular formula is C15H22BNO4. The normalized spacial score (nSPS) is 20.0. The van der Waals surface area contributed by atoms with Gasteiger partial charge in [-0.25, -0.2) is 0 Å². The Morgan fingerprint density at radius 3 is 2.10 bits per heavy atom. The average molecular weight is 291 g/mol. The van der Waals surface area contributed by atoms with Crippen molar-refractivity contribution in [1.29, 1.82) is 0 Å². The van der Waals surface area contributed by atoms with Gasteiger partial charge in [0.1, 0.15) is 0 Å². The minimum atomic E-state index is -0.574. The summed E-state index contributed by atoms with van der Waals surface area (Å²) in [5, 5.41) is 11.3. The molecule has 0 unspecified atom stereocenters. The van der Waals surface area contributed by atoms with Crippen LogP contribution in [0.25, 0.3) is 0 Å². The Hall–Kier alpha value is -1.40. The number of hydrogen-bond acceptors (Lipinski definition) is 4. The summed E-state index contributed by atoms with van der Waals surface area (Å²) in [5.74, 6) is 0.0951. The van der Waals surface area contributed by atoms with Crippen molar-refractivity contribution in [1.82, 2.24) is 0 Å². The highest BCUT2D eigenvalue weighted by Gasteiger charge is 2.52. The third kappa shape index (κ3) is 2.83. The standard InChI is InChI=1S/C15H22BNO4/c1-10(2)12-8-7-11(9-13(12)17(18)19)16-20-14(3,4)15(5,6)21-16/h7-10H,1-6H3. The zero-order valence-corrected chi connectivity index (χ0v) is 13.5. The summed E-state index contributed by atoms with van der Waals surface area (Å²) in [4.78, 5) is 10.9. The lowest BCUT2D eigenvalue weighted by Crippen LogP contribution is -2.41. The van der Waals surface area contributed by atoms with Crippen molar-refractivity contribution in [3.05, 3.63) is 33.9 Å². The van der Waals surface area contributed by atoms with Gasteiger partial charge in [0.05, 0.1) is 16.1 Å². The Morgan fingerprint density at radius 1 is 1.14 bits per heavy atom. The highest BCUT2D eigenvalue weighted by atomic mass is 16.7. The minimum Gasteiger partial charge on any atom is -0.399 e. The number of hydrogen-bond donors (Lipinski definition) is 0. The molecule has 1 saturated heterocycles. The molecule has 1 aliphatic heterocycles. The van der Waals surface area contributed by atoms with Gasteiger partial charge < -0.3 is 9.31 Å². The van der Waals surface area contributed by atoms with Gasteiger partial charge >= 0.3 is 7.12 Å². The Labute approximate surface area is 125 Å². The molecule has 1 aromatic carbocycles. The zero-order valence-electron chi connectivity index (χ0n) is 13.5. The first-order valence-electron chi connectivity index (χ1n) is 7.19. The molecule has 0 aliphatic carbocycles. The van der Waals surface area contributed by atoms with Gasteiger partial charge in [0.25, 0.3) is 5.69 Å². The first kappa shape index (κ1) is 16.0.